The van der Waals surface area contributed by atoms with Gasteiger partial charge in [0.25, 0.3) is 11.1 Å². The lowest BCUT2D eigenvalue weighted by atomic mass is 10.2. The lowest BCUT2D eigenvalue weighted by Crippen LogP contribution is -2.36. The highest BCUT2D eigenvalue weighted by atomic mass is 127. The lowest BCUT2D eigenvalue weighted by Gasteiger charge is -2.12. The zero-order valence-electron chi connectivity index (χ0n) is 15.9. The van der Waals surface area contributed by atoms with E-state index in [0.29, 0.717) is 22.7 Å². The number of carbonyl (C=O) groups excluding carboxylic acids is 3. The number of anilines is 1. The first kappa shape index (κ1) is 22.1. The van der Waals surface area contributed by atoms with Crippen LogP contribution >= 0.6 is 34.4 Å². The normalized spacial score (nSPS) is 14.9. The average molecular weight is 542 g/mol. The van der Waals surface area contributed by atoms with E-state index >= 15 is 0 Å². The summed E-state index contributed by atoms with van der Waals surface area (Å²) in [5, 5.41) is 1.98. The number of halogens is 2. The second-order valence-electron chi connectivity index (χ2n) is 6.06. The number of amides is 3. The van der Waals surface area contributed by atoms with Gasteiger partial charge < -0.3 is 14.8 Å². The fraction of sp³-hybridized carbons (Fsp3) is 0.150. The molecule has 2 aromatic carbocycles. The SMILES string of the molecule is COc1cc(/C=C2\SC(=O)N(CC(=O)Nc3ccc(F)cc3)C2=O)cc(I)c1OC. The van der Waals surface area contributed by atoms with E-state index < -0.39 is 29.4 Å². The Balaban J connectivity index is 1.75. The molecule has 0 spiro atoms. The molecule has 1 aliphatic heterocycles. The van der Waals surface area contributed by atoms with Crippen molar-refractivity contribution in [1.29, 1.82) is 0 Å². The first-order valence-electron chi connectivity index (χ1n) is 8.54. The predicted molar refractivity (Wildman–Crippen MR) is 120 cm³/mol. The molecule has 7 nitrogen and oxygen atoms in total. The van der Waals surface area contributed by atoms with Crippen LogP contribution in [-0.4, -0.2) is 42.7 Å². The van der Waals surface area contributed by atoms with Crippen LogP contribution in [0.1, 0.15) is 5.56 Å². The van der Waals surface area contributed by atoms with Crippen molar-refractivity contribution < 1.29 is 28.2 Å². The summed E-state index contributed by atoms with van der Waals surface area (Å²) in [6.45, 7) is -0.442. The van der Waals surface area contributed by atoms with Gasteiger partial charge in [-0.1, -0.05) is 0 Å². The van der Waals surface area contributed by atoms with Gasteiger partial charge in [-0.15, -0.1) is 0 Å². The number of carbonyl (C=O) groups is 3. The minimum absolute atomic E-state index is 0.192. The third-order valence-corrected chi connectivity index (χ3v) is 5.77. The molecule has 1 N–H and O–H groups in total. The van der Waals surface area contributed by atoms with Crippen molar-refractivity contribution in [2.24, 2.45) is 0 Å². The molecule has 0 unspecified atom stereocenters. The zero-order chi connectivity index (χ0) is 21.8. The van der Waals surface area contributed by atoms with E-state index in [1.165, 1.54) is 38.5 Å². The van der Waals surface area contributed by atoms with Crippen molar-refractivity contribution in [3.05, 3.63) is 56.3 Å². The molecular formula is C20H16FIN2O5S. The summed E-state index contributed by atoms with van der Waals surface area (Å²) in [7, 11) is 3.04. The van der Waals surface area contributed by atoms with Crippen LogP contribution in [0.3, 0.4) is 0 Å². The molecule has 0 atom stereocenters. The van der Waals surface area contributed by atoms with Crippen molar-refractivity contribution in [3.8, 4) is 11.5 Å². The number of rotatable bonds is 6. The number of methoxy groups -OCH3 is 2. The molecule has 10 heteroatoms. The second-order valence-corrected chi connectivity index (χ2v) is 8.22. The summed E-state index contributed by atoms with van der Waals surface area (Å²) in [5.41, 5.74) is 1.02. The van der Waals surface area contributed by atoms with E-state index in [4.69, 9.17) is 9.47 Å². The molecular weight excluding hydrogens is 526 g/mol. The Morgan fingerprint density at radius 1 is 1.20 bits per heavy atom. The van der Waals surface area contributed by atoms with E-state index in [1.807, 2.05) is 0 Å². The number of imide groups is 1. The van der Waals surface area contributed by atoms with Gasteiger partial charge in [-0.05, 0) is 82.4 Å². The Morgan fingerprint density at radius 2 is 1.90 bits per heavy atom. The number of hydrogen-bond acceptors (Lipinski definition) is 6. The van der Waals surface area contributed by atoms with Gasteiger partial charge in [-0.2, -0.15) is 0 Å². The topological polar surface area (TPSA) is 84.9 Å². The molecule has 0 aromatic heterocycles. The third-order valence-electron chi connectivity index (χ3n) is 4.06. The number of benzene rings is 2. The zero-order valence-corrected chi connectivity index (χ0v) is 18.9. The highest BCUT2D eigenvalue weighted by molar-refractivity contribution is 14.1. The predicted octanol–water partition coefficient (Wildman–Crippen LogP) is 4.12. The Hall–Kier alpha value is -2.60. The maximum absolute atomic E-state index is 13.0. The second kappa shape index (κ2) is 9.47. The lowest BCUT2D eigenvalue weighted by molar-refractivity contribution is -0.127. The van der Waals surface area contributed by atoms with Crippen LogP contribution in [0, 0.1) is 9.39 Å². The van der Waals surface area contributed by atoms with Crippen LogP contribution in [-0.2, 0) is 9.59 Å². The number of nitrogens with zero attached hydrogens (tertiary/aromatic N) is 1. The highest BCUT2D eigenvalue weighted by Gasteiger charge is 2.36. The summed E-state index contributed by atoms with van der Waals surface area (Å²) in [6, 6.07) is 8.65. The molecule has 0 radical (unpaired) electrons. The van der Waals surface area contributed by atoms with Gasteiger partial charge in [-0.3, -0.25) is 19.3 Å². The first-order chi connectivity index (χ1) is 14.3. The minimum Gasteiger partial charge on any atom is -0.493 e. The van der Waals surface area contributed by atoms with E-state index in [1.54, 1.807) is 18.2 Å². The Morgan fingerprint density at radius 3 is 2.53 bits per heavy atom. The summed E-state index contributed by atoms with van der Waals surface area (Å²) in [4.78, 5) is 38.2. The maximum atomic E-state index is 13.0. The number of ether oxygens (including phenoxy) is 2. The van der Waals surface area contributed by atoms with Gasteiger partial charge in [0.15, 0.2) is 11.5 Å². The molecule has 1 heterocycles. The van der Waals surface area contributed by atoms with Gasteiger partial charge >= 0.3 is 0 Å². The molecule has 0 aliphatic carbocycles. The summed E-state index contributed by atoms with van der Waals surface area (Å²) in [6.07, 6.45) is 1.56. The summed E-state index contributed by atoms with van der Waals surface area (Å²) < 4.78 is 24.3. The maximum Gasteiger partial charge on any atom is 0.294 e. The fourth-order valence-corrected chi connectivity index (χ4v) is 4.37. The Kier molecular flexibility index (Phi) is 6.98. The molecule has 3 amide bonds. The fourth-order valence-electron chi connectivity index (χ4n) is 2.69. The molecule has 3 rings (SSSR count). The van der Waals surface area contributed by atoms with Crippen LogP contribution in [0.5, 0.6) is 11.5 Å². The van der Waals surface area contributed by atoms with Crippen molar-refractivity contribution in [1.82, 2.24) is 4.90 Å². The molecule has 1 saturated heterocycles. The third kappa shape index (κ3) is 4.93. The Labute approximate surface area is 189 Å². The minimum atomic E-state index is -0.566. The van der Waals surface area contributed by atoms with Crippen molar-refractivity contribution in [3.63, 3.8) is 0 Å². The average Bonchev–Trinajstić information content (AvgIpc) is 2.96. The molecule has 156 valence electrons. The monoisotopic (exact) mass is 542 g/mol. The number of thioether (sulfide) groups is 1. The van der Waals surface area contributed by atoms with Crippen molar-refractivity contribution in [2.75, 3.05) is 26.1 Å². The van der Waals surface area contributed by atoms with Crippen LogP contribution in [0.15, 0.2) is 41.3 Å². The van der Waals surface area contributed by atoms with E-state index in [2.05, 4.69) is 27.9 Å². The van der Waals surface area contributed by atoms with Crippen molar-refractivity contribution >= 4 is 63.2 Å². The summed E-state index contributed by atoms with van der Waals surface area (Å²) in [5.74, 6) is -0.502. The molecule has 1 aliphatic rings. The first-order valence-corrected chi connectivity index (χ1v) is 10.4. The van der Waals surface area contributed by atoms with Crippen LogP contribution in [0.25, 0.3) is 6.08 Å². The van der Waals surface area contributed by atoms with Gasteiger partial charge in [0, 0.05) is 5.69 Å². The molecule has 30 heavy (non-hydrogen) atoms. The molecule has 0 saturated carbocycles. The largest absolute Gasteiger partial charge is 0.493 e. The van der Waals surface area contributed by atoms with Crippen LogP contribution < -0.4 is 14.8 Å². The molecule has 1 fully saturated rings. The van der Waals surface area contributed by atoms with Gasteiger partial charge in [0.2, 0.25) is 5.91 Å². The van der Waals surface area contributed by atoms with E-state index in [9.17, 15) is 18.8 Å². The van der Waals surface area contributed by atoms with Crippen LogP contribution in [0.4, 0.5) is 14.9 Å². The Bertz CT molecular complexity index is 1040. The number of nitrogens with one attached hydrogen (secondary N) is 1. The smallest absolute Gasteiger partial charge is 0.294 e. The van der Waals surface area contributed by atoms with Gasteiger partial charge in [0.05, 0.1) is 22.7 Å². The van der Waals surface area contributed by atoms with Gasteiger partial charge in [0.1, 0.15) is 12.4 Å². The standard InChI is InChI=1S/C20H16FIN2O5S/c1-28-15-8-11(7-14(22)18(15)29-2)9-16-19(26)24(20(27)30-16)10-17(25)23-13-5-3-12(21)4-6-13/h3-9H,10H2,1-2H3,(H,23,25)/b16-9-. The highest BCUT2D eigenvalue weighted by Crippen LogP contribution is 2.37. The van der Waals surface area contributed by atoms with E-state index in [-0.39, 0.29) is 4.91 Å². The van der Waals surface area contributed by atoms with Crippen molar-refractivity contribution in [2.45, 2.75) is 0 Å². The van der Waals surface area contributed by atoms with E-state index in [0.717, 1.165) is 20.2 Å². The molecule has 2 aromatic rings. The number of hydrogen-bond donors (Lipinski definition) is 1. The quantitative estimate of drug-likeness (QED) is 0.437. The molecule has 0 bridgehead atoms. The van der Waals surface area contributed by atoms with Gasteiger partial charge in [-0.25, -0.2) is 4.39 Å². The van der Waals surface area contributed by atoms with Crippen LogP contribution in [0.2, 0.25) is 0 Å². The summed E-state index contributed by atoms with van der Waals surface area (Å²) >= 11 is 2.83.